The predicted octanol–water partition coefficient (Wildman–Crippen LogP) is 2.84. The van der Waals surface area contributed by atoms with Gasteiger partial charge in [-0.15, -0.1) is 0 Å². The van der Waals surface area contributed by atoms with Gasteiger partial charge < -0.3 is 10.3 Å². The highest BCUT2D eigenvalue weighted by molar-refractivity contribution is 5.33. The van der Waals surface area contributed by atoms with Crippen molar-refractivity contribution in [3.05, 3.63) is 69.1 Å². The number of pyridine rings is 1. The lowest BCUT2D eigenvalue weighted by Gasteiger charge is -2.15. The highest BCUT2D eigenvalue weighted by Gasteiger charge is 2.06. The molecule has 1 heterocycles. The average Bonchev–Trinajstić information content (AvgIpc) is 2.40. The Bertz CT molecular complexity index is 616. The van der Waals surface area contributed by atoms with Crippen LogP contribution >= 0.6 is 0 Å². The fourth-order valence-corrected chi connectivity index (χ4v) is 2.11. The molecule has 0 aliphatic rings. The van der Waals surface area contributed by atoms with Gasteiger partial charge in [0.2, 0.25) is 5.56 Å². The third-order valence-electron chi connectivity index (χ3n) is 3.61. The van der Waals surface area contributed by atoms with Crippen molar-refractivity contribution in [1.82, 2.24) is 10.3 Å². The van der Waals surface area contributed by atoms with E-state index in [0.717, 1.165) is 12.1 Å². The van der Waals surface area contributed by atoms with Gasteiger partial charge in [-0.25, -0.2) is 0 Å². The van der Waals surface area contributed by atoms with Crippen molar-refractivity contribution in [2.45, 2.75) is 33.4 Å². The first kappa shape index (κ1) is 13.6. The minimum atomic E-state index is -0.0575. The first-order valence-corrected chi connectivity index (χ1v) is 6.55. The fraction of sp³-hybridized carbons (Fsp3) is 0.312. The van der Waals surface area contributed by atoms with Crippen LogP contribution in [0.2, 0.25) is 0 Å². The Hall–Kier alpha value is -1.87. The van der Waals surface area contributed by atoms with E-state index in [-0.39, 0.29) is 11.6 Å². The van der Waals surface area contributed by atoms with E-state index in [9.17, 15) is 4.79 Å². The highest BCUT2D eigenvalue weighted by atomic mass is 16.1. The van der Waals surface area contributed by atoms with Gasteiger partial charge in [0.05, 0.1) is 0 Å². The second-order valence-electron chi connectivity index (χ2n) is 4.95. The molecule has 0 fully saturated rings. The molecule has 0 saturated heterocycles. The van der Waals surface area contributed by atoms with Gasteiger partial charge in [-0.2, -0.15) is 0 Å². The molecule has 2 rings (SSSR count). The van der Waals surface area contributed by atoms with Crippen LogP contribution in [-0.2, 0) is 6.54 Å². The molecular weight excluding hydrogens is 236 g/mol. The quantitative estimate of drug-likeness (QED) is 0.883. The molecule has 0 radical (unpaired) electrons. The van der Waals surface area contributed by atoms with E-state index >= 15 is 0 Å². The molecule has 0 bridgehead atoms. The maximum absolute atomic E-state index is 11.3. The van der Waals surface area contributed by atoms with Crippen molar-refractivity contribution in [2.24, 2.45) is 0 Å². The summed E-state index contributed by atoms with van der Waals surface area (Å²) in [7, 11) is 0. The topological polar surface area (TPSA) is 44.9 Å². The maximum Gasteiger partial charge on any atom is 0.248 e. The Morgan fingerprint density at radius 1 is 1.26 bits per heavy atom. The van der Waals surface area contributed by atoms with Crippen LogP contribution in [-0.4, -0.2) is 4.98 Å². The van der Waals surface area contributed by atoms with Gasteiger partial charge in [-0.1, -0.05) is 18.2 Å². The average molecular weight is 256 g/mol. The molecule has 0 aliphatic heterocycles. The molecule has 19 heavy (non-hydrogen) atoms. The normalized spacial score (nSPS) is 12.4. The first-order valence-electron chi connectivity index (χ1n) is 6.55. The summed E-state index contributed by atoms with van der Waals surface area (Å²) in [4.78, 5) is 13.9. The van der Waals surface area contributed by atoms with Crippen molar-refractivity contribution in [3.8, 4) is 0 Å². The van der Waals surface area contributed by atoms with Crippen LogP contribution in [0, 0.1) is 13.8 Å². The summed E-state index contributed by atoms with van der Waals surface area (Å²) in [6.45, 7) is 7.14. The highest BCUT2D eigenvalue weighted by Crippen LogP contribution is 2.15. The van der Waals surface area contributed by atoms with Crippen LogP contribution in [0.25, 0.3) is 0 Å². The van der Waals surface area contributed by atoms with E-state index in [4.69, 9.17) is 0 Å². The molecule has 1 atom stereocenters. The summed E-state index contributed by atoms with van der Waals surface area (Å²) in [5.74, 6) is 0. The number of hydrogen-bond acceptors (Lipinski definition) is 2. The van der Waals surface area contributed by atoms with Gasteiger partial charge >= 0.3 is 0 Å². The van der Waals surface area contributed by atoms with E-state index in [1.54, 1.807) is 12.3 Å². The number of benzene rings is 1. The monoisotopic (exact) mass is 256 g/mol. The molecule has 1 aromatic carbocycles. The number of rotatable bonds is 4. The number of hydrogen-bond donors (Lipinski definition) is 2. The van der Waals surface area contributed by atoms with Crippen LogP contribution in [0.4, 0.5) is 0 Å². The summed E-state index contributed by atoms with van der Waals surface area (Å²) >= 11 is 0. The van der Waals surface area contributed by atoms with Gasteiger partial charge in [0.25, 0.3) is 0 Å². The Morgan fingerprint density at radius 3 is 2.79 bits per heavy atom. The molecule has 0 saturated carbocycles. The lowest BCUT2D eigenvalue weighted by molar-refractivity contribution is 0.572. The standard InChI is InChI=1S/C16H20N2O/c1-11-5-4-6-15(12(11)2)10-18-13(3)14-7-8-17-16(19)9-14/h4-9,13,18H,10H2,1-3H3,(H,17,19). The molecule has 0 aliphatic carbocycles. The molecule has 0 spiro atoms. The Morgan fingerprint density at radius 2 is 2.05 bits per heavy atom. The van der Waals surface area contributed by atoms with Crippen LogP contribution < -0.4 is 10.9 Å². The molecule has 1 unspecified atom stereocenters. The van der Waals surface area contributed by atoms with E-state index in [2.05, 4.69) is 49.3 Å². The summed E-state index contributed by atoms with van der Waals surface area (Å²) in [6, 6.07) is 10.1. The summed E-state index contributed by atoms with van der Waals surface area (Å²) in [5, 5.41) is 3.46. The zero-order valence-corrected chi connectivity index (χ0v) is 11.7. The SMILES string of the molecule is Cc1cccc(CNC(C)c2cc[nH]c(=O)c2)c1C. The molecule has 3 heteroatoms. The van der Waals surface area contributed by atoms with Crippen LogP contribution in [0.1, 0.15) is 35.2 Å². The van der Waals surface area contributed by atoms with Crippen molar-refractivity contribution in [1.29, 1.82) is 0 Å². The van der Waals surface area contributed by atoms with Gasteiger partial charge in [0.15, 0.2) is 0 Å². The Kier molecular flexibility index (Phi) is 4.17. The van der Waals surface area contributed by atoms with Crippen molar-refractivity contribution in [3.63, 3.8) is 0 Å². The maximum atomic E-state index is 11.3. The lowest BCUT2D eigenvalue weighted by atomic mass is 10.0. The number of nitrogens with one attached hydrogen (secondary N) is 2. The number of aryl methyl sites for hydroxylation is 1. The van der Waals surface area contributed by atoms with Crippen molar-refractivity contribution in [2.75, 3.05) is 0 Å². The fourth-order valence-electron chi connectivity index (χ4n) is 2.11. The van der Waals surface area contributed by atoms with Crippen LogP contribution in [0.3, 0.4) is 0 Å². The third kappa shape index (κ3) is 3.32. The Balaban J connectivity index is 2.06. The minimum Gasteiger partial charge on any atom is -0.329 e. The second kappa shape index (κ2) is 5.85. The number of H-pyrrole nitrogens is 1. The molecule has 3 nitrogen and oxygen atoms in total. The largest absolute Gasteiger partial charge is 0.329 e. The van der Waals surface area contributed by atoms with Gasteiger partial charge in [0.1, 0.15) is 0 Å². The summed E-state index contributed by atoms with van der Waals surface area (Å²) in [5.41, 5.74) is 4.89. The number of aromatic nitrogens is 1. The van der Waals surface area contributed by atoms with E-state index in [1.165, 1.54) is 16.7 Å². The molecule has 2 N–H and O–H groups in total. The third-order valence-corrected chi connectivity index (χ3v) is 3.61. The van der Waals surface area contributed by atoms with E-state index < -0.39 is 0 Å². The van der Waals surface area contributed by atoms with Gasteiger partial charge in [-0.3, -0.25) is 4.79 Å². The summed E-state index contributed by atoms with van der Waals surface area (Å²) in [6.07, 6.45) is 1.69. The van der Waals surface area contributed by atoms with Crippen LogP contribution in [0.15, 0.2) is 41.3 Å². The second-order valence-corrected chi connectivity index (χ2v) is 4.95. The van der Waals surface area contributed by atoms with Crippen molar-refractivity contribution >= 4 is 0 Å². The molecule has 2 aromatic rings. The minimum absolute atomic E-state index is 0.0575. The lowest BCUT2D eigenvalue weighted by Crippen LogP contribution is -2.20. The zero-order chi connectivity index (χ0) is 13.8. The van der Waals surface area contributed by atoms with E-state index in [0.29, 0.717) is 0 Å². The molecule has 1 aromatic heterocycles. The molecule has 0 amide bonds. The summed E-state index contributed by atoms with van der Waals surface area (Å²) < 4.78 is 0. The van der Waals surface area contributed by atoms with Crippen LogP contribution in [0.5, 0.6) is 0 Å². The molecule has 100 valence electrons. The van der Waals surface area contributed by atoms with E-state index in [1.807, 2.05) is 6.07 Å². The van der Waals surface area contributed by atoms with Gasteiger partial charge in [-0.05, 0) is 49.1 Å². The van der Waals surface area contributed by atoms with Gasteiger partial charge in [0, 0.05) is 24.8 Å². The van der Waals surface area contributed by atoms with Crippen molar-refractivity contribution < 1.29 is 0 Å². The first-order chi connectivity index (χ1) is 9.08. The number of aromatic amines is 1. The molecular formula is C16H20N2O. The zero-order valence-electron chi connectivity index (χ0n) is 11.7. The smallest absolute Gasteiger partial charge is 0.248 e. The predicted molar refractivity (Wildman–Crippen MR) is 78.2 cm³/mol. The Labute approximate surface area is 113 Å².